The summed E-state index contributed by atoms with van der Waals surface area (Å²) in [6, 6.07) is 13.0. The van der Waals surface area contributed by atoms with Crippen LogP contribution in [-0.4, -0.2) is 11.7 Å². The van der Waals surface area contributed by atoms with Gasteiger partial charge in [-0.25, -0.2) is 4.39 Å². The van der Waals surface area contributed by atoms with Crippen molar-refractivity contribution < 1.29 is 9.18 Å². The zero-order valence-corrected chi connectivity index (χ0v) is 15.3. The molecule has 2 nitrogen and oxygen atoms in total. The van der Waals surface area contributed by atoms with Crippen molar-refractivity contribution in [2.45, 2.75) is 39.0 Å². The number of halogens is 1. The van der Waals surface area contributed by atoms with Gasteiger partial charge >= 0.3 is 0 Å². The minimum absolute atomic E-state index is 0.0110. The van der Waals surface area contributed by atoms with Crippen LogP contribution < -0.4 is 5.32 Å². The van der Waals surface area contributed by atoms with Crippen molar-refractivity contribution in [1.29, 1.82) is 0 Å². The van der Waals surface area contributed by atoms with Crippen molar-refractivity contribution in [1.82, 2.24) is 5.32 Å². The predicted octanol–water partition coefficient (Wildman–Crippen LogP) is 4.94. The van der Waals surface area contributed by atoms with Crippen molar-refractivity contribution in [3.63, 3.8) is 0 Å². The van der Waals surface area contributed by atoms with E-state index >= 15 is 0 Å². The minimum atomic E-state index is -0.216. The van der Waals surface area contributed by atoms with E-state index in [0.29, 0.717) is 17.1 Å². The number of aryl methyl sites for hydroxylation is 2. The van der Waals surface area contributed by atoms with Gasteiger partial charge in [-0.3, -0.25) is 4.79 Å². The molecule has 2 aromatic carbocycles. The highest BCUT2D eigenvalue weighted by Gasteiger charge is 2.15. The first-order valence-corrected chi connectivity index (χ1v) is 9.34. The summed E-state index contributed by atoms with van der Waals surface area (Å²) in [5.41, 5.74) is 4.21. The van der Waals surface area contributed by atoms with Crippen molar-refractivity contribution in [2.75, 3.05) is 5.75 Å². The number of carbonyl (C=O) groups excluding carboxylic acids is 1. The number of hydrogen-bond donors (Lipinski definition) is 1. The van der Waals surface area contributed by atoms with Crippen LogP contribution in [-0.2, 0) is 10.5 Å². The van der Waals surface area contributed by atoms with E-state index in [-0.39, 0.29) is 17.8 Å². The average Bonchev–Trinajstić information content (AvgIpc) is 2.55. The molecule has 0 bridgehead atoms. The van der Waals surface area contributed by atoms with Crippen LogP contribution in [0.2, 0.25) is 0 Å². The third-order valence-electron chi connectivity index (χ3n) is 3.99. The van der Waals surface area contributed by atoms with E-state index in [0.717, 1.165) is 12.0 Å². The van der Waals surface area contributed by atoms with Gasteiger partial charge in [0.2, 0.25) is 5.91 Å². The third-order valence-corrected chi connectivity index (χ3v) is 4.97. The zero-order chi connectivity index (χ0) is 17.5. The highest BCUT2D eigenvalue weighted by Crippen LogP contribution is 2.22. The van der Waals surface area contributed by atoms with Crippen LogP contribution in [0.4, 0.5) is 4.39 Å². The summed E-state index contributed by atoms with van der Waals surface area (Å²) in [4.78, 5) is 12.2. The van der Waals surface area contributed by atoms with Gasteiger partial charge in [0.05, 0.1) is 11.8 Å². The largest absolute Gasteiger partial charge is 0.349 e. The molecule has 2 rings (SSSR count). The molecule has 0 aliphatic heterocycles. The van der Waals surface area contributed by atoms with Crippen LogP contribution in [0.3, 0.4) is 0 Å². The fourth-order valence-electron chi connectivity index (χ4n) is 2.72. The molecule has 24 heavy (non-hydrogen) atoms. The van der Waals surface area contributed by atoms with E-state index in [9.17, 15) is 9.18 Å². The Bertz CT molecular complexity index is 702. The topological polar surface area (TPSA) is 29.1 Å². The van der Waals surface area contributed by atoms with Gasteiger partial charge in [0, 0.05) is 5.75 Å². The first kappa shape index (κ1) is 18.5. The first-order chi connectivity index (χ1) is 11.5. The lowest BCUT2D eigenvalue weighted by atomic mass is 9.97. The van der Waals surface area contributed by atoms with Gasteiger partial charge < -0.3 is 5.32 Å². The number of nitrogens with one attached hydrogen (secondary N) is 1. The Morgan fingerprint density at radius 3 is 2.62 bits per heavy atom. The lowest BCUT2D eigenvalue weighted by molar-refractivity contribution is -0.119. The normalized spacial score (nSPS) is 12.0. The van der Waals surface area contributed by atoms with E-state index in [1.54, 1.807) is 12.1 Å². The van der Waals surface area contributed by atoms with Crippen molar-refractivity contribution in [3.05, 3.63) is 70.5 Å². The summed E-state index contributed by atoms with van der Waals surface area (Å²) in [6.07, 6.45) is 0.841. The molecule has 1 N–H and O–H groups in total. The summed E-state index contributed by atoms with van der Waals surface area (Å²) < 4.78 is 13.6. The Balaban J connectivity index is 1.89. The number of carbonyl (C=O) groups is 1. The standard InChI is InChI=1S/C20H24FNOS/c1-4-19(17-10-9-14(2)11-15(17)3)22-20(23)13-24-12-16-7-5-6-8-18(16)21/h5-11,19H,4,12-13H2,1-3H3,(H,22,23)/t19-/m0/s1. The molecule has 4 heteroatoms. The quantitative estimate of drug-likeness (QED) is 0.770. The van der Waals surface area contributed by atoms with Gasteiger partial charge in [-0.1, -0.05) is 48.9 Å². The van der Waals surface area contributed by atoms with Gasteiger partial charge in [-0.15, -0.1) is 11.8 Å². The summed E-state index contributed by atoms with van der Waals surface area (Å²) >= 11 is 1.43. The SMILES string of the molecule is CC[C@H](NC(=O)CSCc1ccccc1F)c1ccc(C)cc1C. The molecule has 1 atom stereocenters. The molecular weight excluding hydrogens is 321 g/mol. The molecule has 2 aromatic rings. The third kappa shape index (κ3) is 5.10. The molecule has 0 heterocycles. The van der Waals surface area contributed by atoms with Crippen LogP contribution in [0.5, 0.6) is 0 Å². The lowest BCUT2D eigenvalue weighted by Gasteiger charge is -2.20. The highest BCUT2D eigenvalue weighted by molar-refractivity contribution is 7.99. The number of rotatable bonds is 7. The maximum Gasteiger partial charge on any atom is 0.230 e. The maximum atomic E-state index is 13.6. The van der Waals surface area contributed by atoms with E-state index < -0.39 is 0 Å². The van der Waals surface area contributed by atoms with Gasteiger partial charge in [-0.05, 0) is 43.0 Å². The van der Waals surface area contributed by atoms with Crippen LogP contribution >= 0.6 is 11.8 Å². The molecular formula is C20H24FNOS. The number of amides is 1. The Hall–Kier alpha value is -1.81. The second-order valence-electron chi connectivity index (χ2n) is 5.97. The Labute approximate surface area is 147 Å². The predicted molar refractivity (Wildman–Crippen MR) is 99.7 cm³/mol. The smallest absolute Gasteiger partial charge is 0.230 e. The van der Waals surface area contributed by atoms with Crippen LogP contribution in [0.1, 0.15) is 41.6 Å². The summed E-state index contributed by atoms with van der Waals surface area (Å²) in [5, 5.41) is 3.09. The van der Waals surface area contributed by atoms with Crippen LogP contribution in [0.25, 0.3) is 0 Å². The van der Waals surface area contributed by atoms with Gasteiger partial charge in [0.15, 0.2) is 0 Å². The summed E-state index contributed by atoms with van der Waals surface area (Å²) in [6.45, 7) is 6.20. The molecule has 0 unspecified atom stereocenters. The van der Waals surface area contributed by atoms with Crippen molar-refractivity contribution in [2.24, 2.45) is 0 Å². The van der Waals surface area contributed by atoms with Gasteiger partial charge in [0.1, 0.15) is 5.82 Å². The fraction of sp³-hybridized carbons (Fsp3) is 0.350. The second kappa shape index (κ2) is 8.88. The summed E-state index contributed by atoms with van der Waals surface area (Å²) in [7, 11) is 0. The molecule has 0 aliphatic rings. The molecule has 0 spiro atoms. The monoisotopic (exact) mass is 345 g/mol. The molecule has 0 saturated carbocycles. The molecule has 0 radical (unpaired) electrons. The zero-order valence-electron chi connectivity index (χ0n) is 14.4. The second-order valence-corrected chi connectivity index (χ2v) is 6.96. The van der Waals surface area contributed by atoms with Crippen molar-refractivity contribution in [3.8, 4) is 0 Å². The number of hydrogen-bond acceptors (Lipinski definition) is 2. The Kier molecular flexibility index (Phi) is 6.85. The highest BCUT2D eigenvalue weighted by atomic mass is 32.2. The van der Waals surface area contributed by atoms with E-state index in [4.69, 9.17) is 0 Å². The maximum absolute atomic E-state index is 13.6. The fourth-order valence-corrected chi connectivity index (χ4v) is 3.55. The molecule has 0 saturated heterocycles. The average molecular weight is 345 g/mol. The van der Waals surface area contributed by atoms with E-state index in [1.165, 1.54) is 29.0 Å². The minimum Gasteiger partial charge on any atom is -0.349 e. The molecule has 0 fully saturated rings. The Morgan fingerprint density at radius 2 is 1.96 bits per heavy atom. The van der Waals surface area contributed by atoms with Gasteiger partial charge in [0.25, 0.3) is 0 Å². The Morgan fingerprint density at radius 1 is 1.21 bits per heavy atom. The van der Waals surface area contributed by atoms with E-state index in [1.807, 2.05) is 6.07 Å². The van der Waals surface area contributed by atoms with Crippen LogP contribution in [0.15, 0.2) is 42.5 Å². The van der Waals surface area contributed by atoms with Gasteiger partial charge in [-0.2, -0.15) is 0 Å². The van der Waals surface area contributed by atoms with Crippen LogP contribution in [0, 0.1) is 19.7 Å². The number of thioether (sulfide) groups is 1. The molecule has 0 aromatic heterocycles. The molecule has 0 aliphatic carbocycles. The summed E-state index contributed by atoms with van der Waals surface area (Å²) in [5.74, 6) is 0.603. The molecule has 128 valence electrons. The lowest BCUT2D eigenvalue weighted by Crippen LogP contribution is -2.30. The van der Waals surface area contributed by atoms with E-state index in [2.05, 4.69) is 44.3 Å². The number of benzene rings is 2. The van der Waals surface area contributed by atoms with Crippen molar-refractivity contribution >= 4 is 17.7 Å². The first-order valence-electron chi connectivity index (χ1n) is 8.19. The molecule has 1 amide bonds.